The third-order valence-electron chi connectivity index (χ3n) is 5.00. The Morgan fingerprint density at radius 2 is 2.00 bits per heavy atom. The van der Waals surface area contributed by atoms with Gasteiger partial charge in [0.2, 0.25) is 0 Å². The van der Waals surface area contributed by atoms with Crippen LogP contribution in [0.15, 0.2) is 41.9 Å². The first kappa shape index (κ1) is 21.6. The molecule has 2 atom stereocenters. The minimum atomic E-state index is 0. The second kappa shape index (κ2) is 10.0. The Hall–Kier alpha value is -1.68. The molecule has 0 spiro atoms. The minimum absolute atomic E-state index is 0. The van der Waals surface area contributed by atoms with Crippen LogP contribution < -0.4 is 10.6 Å². The summed E-state index contributed by atoms with van der Waals surface area (Å²) in [6.07, 6.45) is 3.23. The van der Waals surface area contributed by atoms with Crippen LogP contribution in [0.3, 0.4) is 0 Å². The Morgan fingerprint density at radius 1 is 1.26 bits per heavy atom. The predicted molar refractivity (Wildman–Crippen MR) is 120 cm³/mol. The third kappa shape index (κ3) is 5.65. The molecular formula is C19H30IN7. The lowest BCUT2D eigenvalue weighted by Crippen LogP contribution is -2.46. The van der Waals surface area contributed by atoms with E-state index in [9.17, 15) is 0 Å². The average Bonchev–Trinajstić information content (AvgIpc) is 3.29. The van der Waals surface area contributed by atoms with Crippen LogP contribution >= 0.6 is 24.0 Å². The van der Waals surface area contributed by atoms with Crippen LogP contribution in [0, 0.1) is 5.92 Å². The van der Waals surface area contributed by atoms with Crippen molar-refractivity contribution in [1.29, 1.82) is 0 Å². The normalized spacial score (nSPS) is 20.6. The van der Waals surface area contributed by atoms with Crippen molar-refractivity contribution in [2.24, 2.45) is 10.9 Å². The largest absolute Gasteiger partial charge is 0.352 e. The van der Waals surface area contributed by atoms with Gasteiger partial charge in [0, 0.05) is 38.8 Å². The van der Waals surface area contributed by atoms with Gasteiger partial charge in [-0.3, -0.25) is 9.89 Å². The van der Waals surface area contributed by atoms with Crippen LogP contribution in [0.25, 0.3) is 5.69 Å². The molecule has 148 valence electrons. The number of aliphatic imine (C=N–C) groups is 1. The first-order chi connectivity index (χ1) is 12.6. The third-order valence-corrected chi connectivity index (χ3v) is 5.00. The molecule has 3 rings (SSSR count). The van der Waals surface area contributed by atoms with E-state index in [2.05, 4.69) is 63.5 Å². The summed E-state index contributed by atoms with van der Waals surface area (Å²) in [6, 6.07) is 9.29. The number of rotatable bonds is 5. The molecule has 8 heteroatoms. The van der Waals surface area contributed by atoms with Gasteiger partial charge in [-0.2, -0.15) is 5.10 Å². The van der Waals surface area contributed by atoms with Crippen LogP contribution in [-0.4, -0.2) is 57.8 Å². The van der Waals surface area contributed by atoms with Crippen molar-refractivity contribution in [2.45, 2.75) is 39.4 Å². The van der Waals surface area contributed by atoms with Crippen molar-refractivity contribution >= 4 is 29.9 Å². The molecule has 0 amide bonds. The minimum Gasteiger partial charge on any atom is -0.352 e. The molecule has 0 saturated carbocycles. The summed E-state index contributed by atoms with van der Waals surface area (Å²) in [4.78, 5) is 10.9. The highest BCUT2D eigenvalue weighted by Gasteiger charge is 2.31. The van der Waals surface area contributed by atoms with Crippen molar-refractivity contribution in [2.75, 3.05) is 20.1 Å². The number of guanidine groups is 1. The molecule has 1 fully saturated rings. The Morgan fingerprint density at radius 3 is 2.56 bits per heavy atom. The number of nitrogens with zero attached hydrogens (tertiary/aromatic N) is 5. The number of benzene rings is 1. The smallest absolute Gasteiger partial charge is 0.191 e. The molecule has 2 heterocycles. The molecule has 0 radical (unpaired) electrons. The van der Waals surface area contributed by atoms with E-state index in [4.69, 9.17) is 0 Å². The molecule has 2 aromatic rings. The van der Waals surface area contributed by atoms with Gasteiger partial charge < -0.3 is 10.6 Å². The van der Waals surface area contributed by atoms with E-state index in [0.717, 1.165) is 31.3 Å². The van der Waals surface area contributed by atoms with Crippen LogP contribution in [0.5, 0.6) is 0 Å². The first-order valence-electron chi connectivity index (χ1n) is 9.22. The zero-order valence-electron chi connectivity index (χ0n) is 16.5. The summed E-state index contributed by atoms with van der Waals surface area (Å²) in [5.41, 5.74) is 2.20. The summed E-state index contributed by atoms with van der Waals surface area (Å²) in [5.74, 6) is 1.46. The number of hydrogen-bond acceptors (Lipinski definition) is 4. The van der Waals surface area contributed by atoms with Gasteiger partial charge >= 0.3 is 0 Å². The molecule has 1 aliphatic heterocycles. The van der Waals surface area contributed by atoms with E-state index in [0.29, 0.717) is 18.0 Å². The van der Waals surface area contributed by atoms with Gasteiger partial charge in [-0.05, 0) is 37.5 Å². The van der Waals surface area contributed by atoms with Crippen molar-refractivity contribution in [3.8, 4) is 5.69 Å². The van der Waals surface area contributed by atoms with Gasteiger partial charge in [0.15, 0.2) is 5.96 Å². The average molecular weight is 483 g/mol. The predicted octanol–water partition coefficient (Wildman–Crippen LogP) is 2.28. The molecular weight excluding hydrogens is 453 g/mol. The van der Waals surface area contributed by atoms with Crippen LogP contribution in [0.1, 0.15) is 26.3 Å². The molecule has 1 aromatic carbocycles. The molecule has 2 N–H and O–H groups in total. The van der Waals surface area contributed by atoms with E-state index in [1.54, 1.807) is 11.0 Å². The Labute approximate surface area is 178 Å². The highest BCUT2D eigenvalue weighted by atomic mass is 127. The zero-order valence-corrected chi connectivity index (χ0v) is 18.8. The number of halogens is 1. The molecule has 1 aromatic heterocycles. The second-order valence-electron chi connectivity index (χ2n) is 7.21. The fraction of sp³-hybridized carbons (Fsp3) is 0.526. The Kier molecular flexibility index (Phi) is 8.03. The molecule has 1 saturated heterocycles. The summed E-state index contributed by atoms with van der Waals surface area (Å²) in [6.45, 7) is 9.74. The molecule has 27 heavy (non-hydrogen) atoms. The lowest BCUT2D eigenvalue weighted by molar-refractivity contribution is 0.265. The molecule has 0 aliphatic carbocycles. The maximum Gasteiger partial charge on any atom is 0.191 e. The van der Waals surface area contributed by atoms with Crippen LogP contribution in [0.4, 0.5) is 0 Å². The number of aromatic nitrogens is 3. The fourth-order valence-corrected chi connectivity index (χ4v) is 3.28. The van der Waals surface area contributed by atoms with Gasteiger partial charge in [-0.15, -0.1) is 24.0 Å². The van der Waals surface area contributed by atoms with Gasteiger partial charge in [-0.25, -0.2) is 9.67 Å². The van der Waals surface area contributed by atoms with E-state index in [1.807, 2.05) is 19.2 Å². The second-order valence-corrected chi connectivity index (χ2v) is 7.21. The molecule has 1 aliphatic rings. The van der Waals surface area contributed by atoms with Crippen molar-refractivity contribution in [1.82, 2.24) is 30.3 Å². The Bertz CT molecular complexity index is 712. The summed E-state index contributed by atoms with van der Waals surface area (Å²) < 4.78 is 1.75. The van der Waals surface area contributed by atoms with Gasteiger partial charge in [0.25, 0.3) is 0 Å². The van der Waals surface area contributed by atoms with Gasteiger partial charge in [0.05, 0.1) is 5.69 Å². The first-order valence-corrected chi connectivity index (χ1v) is 9.22. The molecule has 0 bridgehead atoms. The highest BCUT2D eigenvalue weighted by molar-refractivity contribution is 14.0. The topological polar surface area (TPSA) is 70.4 Å². The van der Waals surface area contributed by atoms with Crippen molar-refractivity contribution in [3.63, 3.8) is 0 Å². The monoisotopic (exact) mass is 483 g/mol. The van der Waals surface area contributed by atoms with E-state index < -0.39 is 0 Å². The van der Waals surface area contributed by atoms with E-state index >= 15 is 0 Å². The lowest BCUT2D eigenvalue weighted by Gasteiger charge is -2.22. The lowest BCUT2D eigenvalue weighted by atomic mass is 10.1. The summed E-state index contributed by atoms with van der Waals surface area (Å²) in [7, 11) is 1.82. The molecule has 2 unspecified atom stereocenters. The number of likely N-dealkylation sites (tertiary alicyclic amines) is 1. The standard InChI is InChI=1S/C19H29N7.HI/c1-14(2)25-10-15(3)18(11-25)24-19(20-4)22-9-16-5-7-17(8-6-16)26-13-21-12-23-26;/h5-8,12-15,18H,9-11H2,1-4H3,(H2,20,22,24);1H. The SMILES string of the molecule is CN=C(NCc1ccc(-n2cncn2)cc1)NC1CN(C(C)C)CC1C.I. The Balaban J connectivity index is 0.00000261. The maximum absolute atomic E-state index is 4.38. The number of hydrogen-bond donors (Lipinski definition) is 2. The highest BCUT2D eigenvalue weighted by Crippen LogP contribution is 2.18. The van der Waals surface area contributed by atoms with E-state index in [-0.39, 0.29) is 24.0 Å². The van der Waals surface area contributed by atoms with Crippen molar-refractivity contribution < 1.29 is 0 Å². The van der Waals surface area contributed by atoms with Gasteiger partial charge in [-0.1, -0.05) is 19.1 Å². The van der Waals surface area contributed by atoms with Crippen LogP contribution in [-0.2, 0) is 6.54 Å². The number of nitrogens with one attached hydrogen (secondary N) is 2. The van der Waals surface area contributed by atoms with E-state index in [1.165, 1.54) is 11.9 Å². The zero-order chi connectivity index (χ0) is 18.5. The van der Waals surface area contributed by atoms with Gasteiger partial charge in [0.1, 0.15) is 12.7 Å². The maximum atomic E-state index is 4.38. The quantitative estimate of drug-likeness (QED) is 0.388. The van der Waals surface area contributed by atoms with Crippen molar-refractivity contribution in [3.05, 3.63) is 42.5 Å². The molecule has 7 nitrogen and oxygen atoms in total. The van der Waals surface area contributed by atoms with Crippen LogP contribution in [0.2, 0.25) is 0 Å². The summed E-state index contributed by atoms with van der Waals surface area (Å²) in [5, 5.41) is 11.1. The summed E-state index contributed by atoms with van der Waals surface area (Å²) >= 11 is 0. The fourth-order valence-electron chi connectivity index (χ4n) is 3.28.